The highest BCUT2D eigenvalue weighted by atomic mass is 35.5. The highest BCUT2D eigenvalue weighted by molar-refractivity contribution is 7.86. The van der Waals surface area contributed by atoms with Crippen LogP contribution in [-0.4, -0.2) is 4.21 Å². The first-order valence-corrected chi connectivity index (χ1v) is 8.64. The number of halogens is 6. The number of rotatable bonds is 3. The van der Waals surface area contributed by atoms with Crippen LogP contribution >= 0.6 is 11.6 Å². The molecule has 0 aliphatic carbocycles. The molecule has 2 aromatic carbocycles. The van der Waals surface area contributed by atoms with Crippen molar-refractivity contribution in [1.82, 2.24) is 0 Å². The average molecular weight is 400 g/mol. The Morgan fingerprint density at radius 2 is 1.68 bits per heavy atom. The van der Waals surface area contributed by atoms with Crippen LogP contribution in [0.4, 0.5) is 27.6 Å². The monoisotopic (exact) mass is 399 g/mol. The maximum atomic E-state index is 13.9. The smallest absolute Gasteiger partial charge is 0.298 e. The van der Waals surface area contributed by atoms with E-state index in [-0.39, 0.29) is 16.3 Å². The van der Waals surface area contributed by atoms with Crippen LogP contribution in [0.15, 0.2) is 35.2 Å². The third kappa shape index (κ3) is 5.15. The largest absolute Gasteiger partial charge is 0.417 e. The van der Waals surface area contributed by atoms with Gasteiger partial charge in [-0.25, -0.2) is 13.0 Å². The first kappa shape index (κ1) is 21.4. The van der Waals surface area contributed by atoms with Crippen LogP contribution in [0, 0.1) is 18.6 Å². The minimum atomic E-state index is -4.78. The molecule has 25 heavy (non-hydrogen) atoms. The van der Waals surface area contributed by atoms with Crippen molar-refractivity contribution < 1.29 is 26.2 Å². The van der Waals surface area contributed by atoms with E-state index in [4.69, 9.17) is 11.6 Å². The molecular formula is C16H15ClF5NOS. The Balaban J connectivity index is 0.00000151. The van der Waals surface area contributed by atoms with Gasteiger partial charge < -0.3 is 0 Å². The first-order valence-electron chi connectivity index (χ1n) is 7.11. The van der Waals surface area contributed by atoms with Crippen molar-refractivity contribution in [3.63, 3.8) is 0 Å². The lowest BCUT2D eigenvalue weighted by Gasteiger charge is -2.14. The molecule has 0 amide bonds. The van der Waals surface area contributed by atoms with Crippen LogP contribution in [0.2, 0.25) is 5.02 Å². The van der Waals surface area contributed by atoms with Gasteiger partial charge in [0.2, 0.25) is 0 Å². The van der Waals surface area contributed by atoms with E-state index in [0.717, 1.165) is 31.2 Å². The Morgan fingerprint density at radius 3 is 2.24 bits per heavy atom. The summed E-state index contributed by atoms with van der Waals surface area (Å²) in [7, 11) is -2.42. The second-order valence-electron chi connectivity index (χ2n) is 4.54. The third-order valence-corrected chi connectivity index (χ3v) is 4.37. The van der Waals surface area contributed by atoms with Crippen molar-refractivity contribution in [1.29, 1.82) is 0 Å². The quantitative estimate of drug-likeness (QED) is 0.620. The summed E-state index contributed by atoms with van der Waals surface area (Å²) in [6, 6.07) is 4.58. The van der Waals surface area contributed by atoms with Gasteiger partial charge in [0.1, 0.15) is 5.82 Å². The second kappa shape index (κ2) is 8.62. The lowest BCUT2D eigenvalue weighted by Crippen LogP contribution is -2.14. The fourth-order valence-corrected chi connectivity index (χ4v) is 2.99. The van der Waals surface area contributed by atoms with Crippen LogP contribution in [-0.2, 0) is 17.2 Å². The van der Waals surface area contributed by atoms with E-state index in [9.17, 15) is 26.2 Å². The molecule has 0 radical (unpaired) electrons. The Bertz CT molecular complexity index is 780. The van der Waals surface area contributed by atoms with Gasteiger partial charge in [0.05, 0.1) is 16.1 Å². The maximum absolute atomic E-state index is 13.9. The lowest BCUT2D eigenvalue weighted by atomic mass is 10.2. The fourth-order valence-electron chi connectivity index (χ4n) is 1.78. The summed E-state index contributed by atoms with van der Waals surface area (Å²) in [4.78, 5) is -0.608. The Hall–Kier alpha value is -1.67. The van der Waals surface area contributed by atoms with E-state index in [0.29, 0.717) is 6.07 Å². The molecule has 0 fully saturated rings. The van der Waals surface area contributed by atoms with Crippen molar-refractivity contribution in [2.45, 2.75) is 31.8 Å². The summed E-state index contributed by atoms with van der Waals surface area (Å²) in [5, 5.41) is -0.179. The first-order chi connectivity index (χ1) is 11.6. The third-order valence-electron chi connectivity index (χ3n) is 2.97. The molecule has 0 heterocycles. The van der Waals surface area contributed by atoms with Gasteiger partial charge >= 0.3 is 6.18 Å². The topological polar surface area (TPSA) is 29.1 Å². The Labute approximate surface area is 149 Å². The van der Waals surface area contributed by atoms with Crippen LogP contribution in [0.5, 0.6) is 0 Å². The molecule has 0 saturated heterocycles. The molecule has 0 aromatic heterocycles. The molecule has 1 atom stereocenters. The highest BCUT2D eigenvalue weighted by Crippen LogP contribution is 2.35. The van der Waals surface area contributed by atoms with Crippen molar-refractivity contribution >= 4 is 28.3 Å². The molecule has 0 aliphatic heterocycles. The molecular weight excluding hydrogens is 385 g/mol. The van der Waals surface area contributed by atoms with Gasteiger partial charge in [-0.2, -0.15) is 13.2 Å². The standard InChI is InChI=1S/C14H9ClF5NOS.C2H6/c1-7-10(16)3-4-11(13(7)17)21-23(22)12-5-2-8(15)6-9(12)14(18,19)20;1-2/h2-6,21H,1H3;1-2H3. The van der Waals surface area contributed by atoms with Crippen molar-refractivity contribution in [2.24, 2.45) is 0 Å². The maximum Gasteiger partial charge on any atom is 0.417 e. The van der Waals surface area contributed by atoms with E-state index in [1.807, 2.05) is 13.8 Å². The van der Waals surface area contributed by atoms with E-state index in [1.165, 1.54) is 0 Å². The minimum absolute atomic E-state index is 0.179. The lowest BCUT2D eigenvalue weighted by molar-refractivity contribution is -0.139. The molecule has 2 nitrogen and oxygen atoms in total. The Morgan fingerprint density at radius 1 is 1.08 bits per heavy atom. The highest BCUT2D eigenvalue weighted by Gasteiger charge is 2.35. The van der Waals surface area contributed by atoms with Crippen molar-refractivity contribution in [3.05, 3.63) is 58.1 Å². The summed E-state index contributed by atoms with van der Waals surface area (Å²) in [6.45, 7) is 5.15. The average Bonchev–Trinajstić information content (AvgIpc) is 2.56. The van der Waals surface area contributed by atoms with Gasteiger partial charge in [0.25, 0.3) is 0 Å². The molecule has 0 saturated carbocycles. The number of benzene rings is 2. The summed E-state index contributed by atoms with van der Waals surface area (Å²) < 4.78 is 80.2. The number of hydrogen-bond donors (Lipinski definition) is 1. The van der Waals surface area contributed by atoms with E-state index in [1.54, 1.807) is 0 Å². The molecule has 1 unspecified atom stereocenters. The summed E-state index contributed by atoms with van der Waals surface area (Å²) >= 11 is 5.53. The second-order valence-corrected chi connectivity index (χ2v) is 6.16. The number of anilines is 1. The Kier molecular flexibility index (Phi) is 7.37. The van der Waals surface area contributed by atoms with Gasteiger partial charge in [0, 0.05) is 10.6 Å². The number of alkyl halides is 3. The van der Waals surface area contributed by atoms with Crippen LogP contribution in [0.3, 0.4) is 0 Å². The minimum Gasteiger partial charge on any atom is -0.298 e. The summed E-state index contributed by atoms with van der Waals surface area (Å²) in [5.74, 6) is -1.85. The van der Waals surface area contributed by atoms with Gasteiger partial charge in [-0.1, -0.05) is 25.4 Å². The zero-order chi connectivity index (χ0) is 19.4. The normalized spacial score (nSPS) is 12.2. The summed E-state index contributed by atoms with van der Waals surface area (Å²) in [6.07, 6.45) is -4.78. The van der Waals surface area contributed by atoms with Gasteiger partial charge in [-0.05, 0) is 37.3 Å². The zero-order valence-electron chi connectivity index (χ0n) is 13.5. The predicted molar refractivity (Wildman–Crippen MR) is 88.9 cm³/mol. The molecule has 0 spiro atoms. The van der Waals surface area contributed by atoms with Gasteiger partial charge in [-0.15, -0.1) is 0 Å². The molecule has 138 valence electrons. The van der Waals surface area contributed by atoms with Crippen molar-refractivity contribution in [3.8, 4) is 0 Å². The number of nitrogens with one attached hydrogen (secondary N) is 1. The van der Waals surface area contributed by atoms with Crippen LogP contribution < -0.4 is 4.72 Å². The van der Waals surface area contributed by atoms with Gasteiger partial charge in [0.15, 0.2) is 16.8 Å². The molecule has 0 aliphatic rings. The zero-order valence-corrected chi connectivity index (χ0v) is 15.0. The van der Waals surface area contributed by atoms with Crippen molar-refractivity contribution in [2.75, 3.05) is 4.72 Å². The predicted octanol–water partition coefficient (Wildman–Crippen LogP) is 6.11. The SMILES string of the molecule is CC.Cc1c(F)ccc(NS(=O)c2ccc(Cl)cc2C(F)(F)F)c1F. The van der Waals surface area contributed by atoms with Crippen LogP contribution in [0.25, 0.3) is 0 Å². The fraction of sp³-hybridized carbons (Fsp3) is 0.250. The van der Waals surface area contributed by atoms with E-state index >= 15 is 0 Å². The molecule has 2 rings (SSSR count). The van der Waals surface area contributed by atoms with E-state index in [2.05, 4.69) is 4.72 Å². The molecule has 0 bridgehead atoms. The molecule has 2 aromatic rings. The molecule has 1 N–H and O–H groups in total. The van der Waals surface area contributed by atoms with Crippen LogP contribution in [0.1, 0.15) is 25.0 Å². The molecule has 9 heteroatoms. The number of hydrogen-bond acceptors (Lipinski definition) is 1. The summed E-state index contributed by atoms with van der Waals surface area (Å²) in [5.41, 5.74) is -1.90. The van der Waals surface area contributed by atoms with E-state index < -0.39 is 39.3 Å². The van der Waals surface area contributed by atoms with Gasteiger partial charge in [-0.3, -0.25) is 4.72 Å².